The van der Waals surface area contributed by atoms with Crippen LogP contribution in [0.3, 0.4) is 0 Å². The van der Waals surface area contributed by atoms with E-state index in [1.807, 2.05) is 12.1 Å². The number of hydrogen-bond acceptors (Lipinski definition) is 4. The number of carbonyl (C=O) groups excluding carboxylic acids is 1. The van der Waals surface area contributed by atoms with Gasteiger partial charge in [-0.15, -0.1) is 0 Å². The number of urea groups is 1. The van der Waals surface area contributed by atoms with Crippen molar-refractivity contribution < 1.29 is 4.79 Å². The van der Waals surface area contributed by atoms with Crippen LogP contribution in [0.2, 0.25) is 0 Å². The lowest BCUT2D eigenvalue weighted by Crippen LogP contribution is -2.47. The summed E-state index contributed by atoms with van der Waals surface area (Å²) in [6, 6.07) is 4.16. The second-order valence-corrected chi connectivity index (χ2v) is 7.44. The molecule has 144 valence electrons. The molecule has 1 aromatic heterocycles. The molecule has 3 rings (SSSR count). The monoisotopic (exact) mass is 359 g/mol. The van der Waals surface area contributed by atoms with Crippen molar-refractivity contribution in [2.75, 3.05) is 42.9 Å². The standard InChI is InChI=1S/C20H33N5O/c1-2-3-12-24-13-5-4-9-17(24)16-22-20(26)23-18-10-8-11-21-19(18)25-14-6-7-15-25/h8,10-11,17H,2-7,9,12-16H2,1H3,(H2,22,23,26). The van der Waals surface area contributed by atoms with E-state index in [0.717, 1.165) is 44.2 Å². The van der Waals surface area contributed by atoms with E-state index >= 15 is 0 Å². The van der Waals surface area contributed by atoms with Crippen molar-refractivity contribution >= 4 is 17.5 Å². The predicted octanol–water partition coefficient (Wildman–Crippen LogP) is 3.46. The van der Waals surface area contributed by atoms with Gasteiger partial charge in [-0.25, -0.2) is 9.78 Å². The molecule has 1 unspecified atom stereocenters. The Kier molecular flexibility index (Phi) is 7.12. The maximum absolute atomic E-state index is 12.5. The molecule has 2 N–H and O–H groups in total. The zero-order chi connectivity index (χ0) is 18.2. The van der Waals surface area contributed by atoms with Gasteiger partial charge in [-0.1, -0.05) is 19.8 Å². The van der Waals surface area contributed by atoms with E-state index in [1.54, 1.807) is 6.20 Å². The molecule has 1 atom stereocenters. The van der Waals surface area contributed by atoms with Gasteiger partial charge in [0.2, 0.25) is 0 Å². The quantitative estimate of drug-likeness (QED) is 0.783. The van der Waals surface area contributed by atoms with E-state index in [9.17, 15) is 4.79 Å². The maximum Gasteiger partial charge on any atom is 0.319 e. The minimum absolute atomic E-state index is 0.125. The zero-order valence-corrected chi connectivity index (χ0v) is 16.0. The molecule has 6 heteroatoms. The van der Waals surface area contributed by atoms with Crippen molar-refractivity contribution in [1.29, 1.82) is 0 Å². The van der Waals surface area contributed by atoms with Crippen LogP contribution < -0.4 is 15.5 Å². The summed E-state index contributed by atoms with van der Waals surface area (Å²) in [5.41, 5.74) is 0.804. The van der Waals surface area contributed by atoms with E-state index in [-0.39, 0.29) is 6.03 Å². The average molecular weight is 360 g/mol. The molecule has 2 amide bonds. The van der Waals surface area contributed by atoms with Crippen LogP contribution in [-0.2, 0) is 0 Å². The van der Waals surface area contributed by atoms with E-state index in [0.29, 0.717) is 6.04 Å². The van der Waals surface area contributed by atoms with Crippen LogP contribution in [-0.4, -0.2) is 54.7 Å². The first-order valence-corrected chi connectivity index (χ1v) is 10.3. The Bertz CT molecular complexity index is 573. The smallest absolute Gasteiger partial charge is 0.319 e. The summed E-state index contributed by atoms with van der Waals surface area (Å²) in [4.78, 5) is 21.7. The van der Waals surface area contributed by atoms with Gasteiger partial charge in [-0.05, 0) is 57.3 Å². The average Bonchev–Trinajstić information content (AvgIpc) is 3.20. The lowest BCUT2D eigenvalue weighted by molar-refractivity contribution is 0.145. The Morgan fingerprint density at radius 3 is 2.85 bits per heavy atom. The van der Waals surface area contributed by atoms with Gasteiger partial charge in [0.1, 0.15) is 0 Å². The van der Waals surface area contributed by atoms with E-state index in [4.69, 9.17) is 0 Å². The van der Waals surface area contributed by atoms with Crippen molar-refractivity contribution in [2.45, 2.75) is 57.9 Å². The summed E-state index contributed by atoms with van der Waals surface area (Å²) >= 11 is 0. The van der Waals surface area contributed by atoms with E-state index < -0.39 is 0 Å². The molecule has 0 radical (unpaired) electrons. The molecule has 6 nitrogen and oxygen atoms in total. The fourth-order valence-corrected chi connectivity index (χ4v) is 4.00. The minimum Gasteiger partial charge on any atom is -0.355 e. The number of anilines is 2. The highest BCUT2D eigenvalue weighted by Crippen LogP contribution is 2.26. The van der Waals surface area contributed by atoms with Gasteiger partial charge in [0.25, 0.3) is 0 Å². The molecule has 2 fully saturated rings. The molecule has 0 aliphatic carbocycles. The summed E-state index contributed by atoms with van der Waals surface area (Å²) in [6.45, 7) is 7.29. The summed E-state index contributed by atoms with van der Waals surface area (Å²) in [5.74, 6) is 0.891. The second-order valence-electron chi connectivity index (χ2n) is 7.44. The largest absolute Gasteiger partial charge is 0.355 e. The number of likely N-dealkylation sites (tertiary alicyclic amines) is 1. The molecule has 2 aliphatic heterocycles. The molecule has 1 aromatic rings. The Labute approximate surface area is 157 Å². The summed E-state index contributed by atoms with van der Waals surface area (Å²) in [6.07, 6.45) is 10.4. The van der Waals surface area contributed by atoms with Crippen LogP contribution in [0.25, 0.3) is 0 Å². The van der Waals surface area contributed by atoms with Crippen molar-refractivity contribution in [3.63, 3.8) is 0 Å². The number of nitrogens with zero attached hydrogens (tertiary/aromatic N) is 3. The molecular weight excluding hydrogens is 326 g/mol. The van der Waals surface area contributed by atoms with Crippen molar-refractivity contribution in [2.24, 2.45) is 0 Å². The van der Waals surface area contributed by atoms with Gasteiger partial charge in [-0.3, -0.25) is 4.90 Å². The molecule has 0 spiro atoms. The van der Waals surface area contributed by atoms with Crippen LogP contribution in [0.5, 0.6) is 0 Å². The highest BCUT2D eigenvalue weighted by Gasteiger charge is 2.23. The lowest BCUT2D eigenvalue weighted by Gasteiger charge is -2.35. The Morgan fingerprint density at radius 1 is 1.23 bits per heavy atom. The third-order valence-corrected chi connectivity index (χ3v) is 5.49. The van der Waals surface area contributed by atoms with E-state index in [1.165, 1.54) is 44.9 Å². The Morgan fingerprint density at radius 2 is 2.04 bits per heavy atom. The van der Waals surface area contributed by atoms with Crippen LogP contribution in [0.15, 0.2) is 18.3 Å². The molecule has 26 heavy (non-hydrogen) atoms. The predicted molar refractivity (Wildman–Crippen MR) is 107 cm³/mol. The first-order chi connectivity index (χ1) is 12.8. The molecule has 0 bridgehead atoms. The number of aromatic nitrogens is 1. The second kappa shape index (κ2) is 9.76. The van der Waals surface area contributed by atoms with Crippen LogP contribution in [0.4, 0.5) is 16.3 Å². The van der Waals surface area contributed by atoms with Gasteiger partial charge in [0.05, 0.1) is 5.69 Å². The summed E-state index contributed by atoms with van der Waals surface area (Å²) < 4.78 is 0. The molecule has 3 heterocycles. The molecule has 0 aromatic carbocycles. The molecule has 0 saturated carbocycles. The SMILES string of the molecule is CCCCN1CCCCC1CNC(=O)Nc1cccnc1N1CCCC1. The normalized spacial score (nSPS) is 21.0. The number of amides is 2. The number of carbonyl (C=O) groups is 1. The van der Waals surface area contributed by atoms with Gasteiger partial charge in [-0.2, -0.15) is 0 Å². The molecular formula is C20H33N5O. The lowest BCUT2D eigenvalue weighted by atomic mass is 10.0. The topological polar surface area (TPSA) is 60.5 Å². The number of pyridine rings is 1. The highest BCUT2D eigenvalue weighted by molar-refractivity contribution is 5.92. The molecule has 2 saturated heterocycles. The number of nitrogens with one attached hydrogen (secondary N) is 2. The highest BCUT2D eigenvalue weighted by atomic mass is 16.2. The summed E-state index contributed by atoms with van der Waals surface area (Å²) in [7, 11) is 0. The fourth-order valence-electron chi connectivity index (χ4n) is 4.00. The van der Waals surface area contributed by atoms with Crippen molar-refractivity contribution in [3.8, 4) is 0 Å². The number of hydrogen-bond donors (Lipinski definition) is 2. The number of rotatable bonds is 7. The van der Waals surface area contributed by atoms with Gasteiger partial charge >= 0.3 is 6.03 Å². The first-order valence-electron chi connectivity index (χ1n) is 10.3. The molecule has 2 aliphatic rings. The number of unbranched alkanes of at least 4 members (excludes halogenated alkanes) is 1. The van der Waals surface area contributed by atoms with E-state index in [2.05, 4.69) is 32.3 Å². The van der Waals surface area contributed by atoms with Gasteiger partial charge < -0.3 is 15.5 Å². The first kappa shape index (κ1) is 19.0. The van der Waals surface area contributed by atoms with Crippen molar-refractivity contribution in [3.05, 3.63) is 18.3 Å². The fraction of sp³-hybridized carbons (Fsp3) is 0.700. The van der Waals surface area contributed by atoms with Crippen molar-refractivity contribution in [1.82, 2.24) is 15.2 Å². The third-order valence-electron chi connectivity index (χ3n) is 5.49. The zero-order valence-electron chi connectivity index (χ0n) is 16.0. The Balaban J connectivity index is 1.52. The third kappa shape index (κ3) is 5.10. The number of piperidine rings is 1. The Hall–Kier alpha value is -1.82. The minimum atomic E-state index is -0.125. The van der Waals surface area contributed by atoms with Crippen LogP contribution in [0, 0.1) is 0 Å². The van der Waals surface area contributed by atoms with Gasteiger partial charge in [0.15, 0.2) is 5.82 Å². The van der Waals surface area contributed by atoms with Gasteiger partial charge in [0, 0.05) is 31.9 Å². The van der Waals surface area contributed by atoms with Crippen LogP contribution >= 0.6 is 0 Å². The summed E-state index contributed by atoms with van der Waals surface area (Å²) in [5, 5.41) is 6.10. The van der Waals surface area contributed by atoms with Crippen LogP contribution in [0.1, 0.15) is 51.9 Å². The maximum atomic E-state index is 12.5.